The topological polar surface area (TPSA) is 96.7 Å². The molecule has 2 aliphatic rings. The molecule has 3 amide bonds. The zero-order chi connectivity index (χ0) is 23.5. The number of anilines is 1. The highest BCUT2D eigenvalue weighted by Gasteiger charge is 2.33. The summed E-state index contributed by atoms with van der Waals surface area (Å²) >= 11 is 0. The van der Waals surface area contributed by atoms with E-state index in [4.69, 9.17) is 4.74 Å². The third kappa shape index (κ3) is 4.70. The number of likely N-dealkylation sites (tertiary alicyclic amines) is 1. The van der Waals surface area contributed by atoms with Gasteiger partial charge in [0.1, 0.15) is 12.6 Å². The fourth-order valence-electron chi connectivity index (χ4n) is 4.25. The van der Waals surface area contributed by atoms with E-state index in [9.17, 15) is 9.59 Å². The number of nitrogens with zero attached hydrogens (tertiary/aromatic N) is 7. The molecule has 0 bridgehead atoms. The van der Waals surface area contributed by atoms with E-state index >= 15 is 0 Å². The van der Waals surface area contributed by atoms with Gasteiger partial charge in [0.05, 0.1) is 0 Å². The lowest BCUT2D eigenvalue weighted by Gasteiger charge is -2.32. The molecule has 176 valence electrons. The number of urea groups is 1. The first-order valence-electron chi connectivity index (χ1n) is 11.5. The molecule has 2 fully saturated rings. The zero-order valence-corrected chi connectivity index (χ0v) is 19.1. The summed E-state index contributed by atoms with van der Waals surface area (Å²) in [6, 6.07) is 13.1. The summed E-state index contributed by atoms with van der Waals surface area (Å²) in [4.78, 5) is 30.8. The lowest BCUT2D eigenvalue weighted by Crippen LogP contribution is -2.47. The van der Waals surface area contributed by atoms with E-state index in [0.717, 1.165) is 11.3 Å². The van der Waals surface area contributed by atoms with Crippen molar-refractivity contribution in [3.05, 3.63) is 60.4 Å². The predicted octanol–water partition coefficient (Wildman–Crippen LogP) is 2.28. The first-order chi connectivity index (χ1) is 16.6. The van der Waals surface area contributed by atoms with E-state index in [1.807, 2.05) is 42.2 Å². The monoisotopic (exact) mass is 461 g/mol. The van der Waals surface area contributed by atoms with Crippen LogP contribution in [-0.4, -0.2) is 80.5 Å². The van der Waals surface area contributed by atoms with E-state index in [1.54, 1.807) is 39.0 Å². The summed E-state index contributed by atoms with van der Waals surface area (Å²) in [5.41, 5.74) is 2.01. The number of carbonyl (C=O) groups excluding carboxylic acids is 2. The van der Waals surface area contributed by atoms with Crippen molar-refractivity contribution in [3.8, 4) is 11.7 Å². The molecule has 0 N–H and O–H groups in total. The van der Waals surface area contributed by atoms with Gasteiger partial charge in [-0.3, -0.25) is 9.69 Å². The molecule has 4 heterocycles. The van der Waals surface area contributed by atoms with Crippen molar-refractivity contribution >= 4 is 17.6 Å². The summed E-state index contributed by atoms with van der Waals surface area (Å²) in [5, 5.41) is 12.4. The van der Waals surface area contributed by atoms with Gasteiger partial charge in [-0.05, 0) is 31.2 Å². The molecular formula is C24H27N7O3. The Kier molecular flexibility index (Phi) is 6.11. The van der Waals surface area contributed by atoms with Gasteiger partial charge in [-0.2, -0.15) is 5.10 Å². The van der Waals surface area contributed by atoms with Crippen LogP contribution in [0.25, 0.3) is 5.82 Å². The van der Waals surface area contributed by atoms with Crippen LogP contribution in [0.1, 0.15) is 18.4 Å². The van der Waals surface area contributed by atoms with Gasteiger partial charge in [0.25, 0.3) is 0 Å². The molecular weight excluding hydrogens is 434 g/mol. The number of hydrogen-bond donors (Lipinski definition) is 0. The van der Waals surface area contributed by atoms with Gasteiger partial charge >= 0.3 is 6.03 Å². The minimum absolute atomic E-state index is 0.0269. The summed E-state index contributed by atoms with van der Waals surface area (Å²) in [5.74, 6) is 1.05. The van der Waals surface area contributed by atoms with Crippen molar-refractivity contribution in [2.75, 3.05) is 37.6 Å². The van der Waals surface area contributed by atoms with Gasteiger partial charge in [0.2, 0.25) is 11.8 Å². The number of amides is 3. The standard InChI is InChI=1S/C24H27N7O3/c1-18-3-5-19(6-4-18)30-16-15-29(24(30)33)17-23(32)28-13-9-20(10-14-28)34-22-8-7-21(26-27-22)31-12-2-11-25-31/h2-8,11-12,20H,9-10,13-17H2,1H3. The Balaban J connectivity index is 1.09. The molecule has 2 aliphatic heterocycles. The van der Waals surface area contributed by atoms with Gasteiger partial charge in [-0.25, -0.2) is 9.48 Å². The van der Waals surface area contributed by atoms with Crippen molar-refractivity contribution in [2.24, 2.45) is 0 Å². The zero-order valence-electron chi connectivity index (χ0n) is 19.1. The predicted molar refractivity (Wildman–Crippen MR) is 125 cm³/mol. The largest absolute Gasteiger partial charge is 0.473 e. The normalized spacial score (nSPS) is 16.9. The summed E-state index contributed by atoms with van der Waals surface area (Å²) < 4.78 is 7.60. The maximum atomic E-state index is 12.8. The molecule has 0 aliphatic carbocycles. The molecule has 1 aromatic carbocycles. The Morgan fingerprint density at radius 3 is 2.50 bits per heavy atom. The Morgan fingerprint density at radius 2 is 1.82 bits per heavy atom. The van der Waals surface area contributed by atoms with E-state index in [1.165, 1.54) is 0 Å². The Morgan fingerprint density at radius 1 is 1.03 bits per heavy atom. The van der Waals surface area contributed by atoms with E-state index in [-0.39, 0.29) is 24.6 Å². The number of hydrogen-bond acceptors (Lipinski definition) is 6. The second kappa shape index (κ2) is 9.50. The van der Waals surface area contributed by atoms with Crippen molar-refractivity contribution in [1.82, 2.24) is 29.8 Å². The molecule has 0 spiro atoms. The molecule has 0 atom stereocenters. The van der Waals surface area contributed by atoms with Gasteiger partial charge < -0.3 is 14.5 Å². The molecule has 0 saturated carbocycles. The molecule has 2 aromatic heterocycles. The fraction of sp³-hybridized carbons (Fsp3) is 0.375. The van der Waals surface area contributed by atoms with Crippen molar-refractivity contribution in [2.45, 2.75) is 25.9 Å². The number of carbonyl (C=O) groups is 2. The number of aryl methyl sites for hydroxylation is 1. The van der Waals surface area contributed by atoms with Crippen molar-refractivity contribution in [3.63, 3.8) is 0 Å². The maximum absolute atomic E-state index is 12.8. The minimum atomic E-state index is -0.118. The first-order valence-corrected chi connectivity index (χ1v) is 11.5. The summed E-state index contributed by atoms with van der Waals surface area (Å²) in [6.45, 7) is 4.43. The highest BCUT2D eigenvalue weighted by Crippen LogP contribution is 2.22. The fourth-order valence-corrected chi connectivity index (χ4v) is 4.25. The average molecular weight is 462 g/mol. The third-order valence-electron chi connectivity index (χ3n) is 6.21. The number of ether oxygens (including phenoxy) is 1. The Bertz CT molecular complexity index is 1120. The summed E-state index contributed by atoms with van der Waals surface area (Å²) in [6.07, 6.45) is 4.86. The Hall–Kier alpha value is -3.95. The smallest absolute Gasteiger partial charge is 0.325 e. The Labute approximate surface area is 197 Å². The third-order valence-corrected chi connectivity index (χ3v) is 6.21. The summed E-state index contributed by atoms with van der Waals surface area (Å²) in [7, 11) is 0. The van der Waals surface area contributed by atoms with Crippen molar-refractivity contribution < 1.29 is 14.3 Å². The molecule has 0 radical (unpaired) electrons. The molecule has 2 saturated heterocycles. The van der Waals surface area contributed by atoms with Crippen LogP contribution in [0.3, 0.4) is 0 Å². The van der Waals surface area contributed by atoms with Crippen molar-refractivity contribution in [1.29, 1.82) is 0 Å². The van der Waals surface area contributed by atoms with E-state index in [0.29, 0.717) is 50.7 Å². The van der Waals surface area contributed by atoms with Crippen LogP contribution in [0.5, 0.6) is 5.88 Å². The van der Waals surface area contributed by atoms with Gasteiger partial charge in [-0.1, -0.05) is 17.7 Å². The average Bonchev–Trinajstić information content (AvgIpc) is 3.52. The number of aromatic nitrogens is 4. The molecule has 5 rings (SSSR count). The first kappa shape index (κ1) is 21.9. The SMILES string of the molecule is Cc1ccc(N2CCN(CC(=O)N3CCC(Oc4ccc(-n5cccn5)nn4)CC3)C2=O)cc1. The van der Waals surface area contributed by atoms with Crippen LogP contribution in [0.4, 0.5) is 10.5 Å². The highest BCUT2D eigenvalue weighted by molar-refractivity contribution is 5.96. The molecule has 10 nitrogen and oxygen atoms in total. The van der Waals surface area contributed by atoms with Crippen LogP contribution in [-0.2, 0) is 4.79 Å². The molecule has 0 unspecified atom stereocenters. The van der Waals surface area contributed by atoms with Crippen LogP contribution in [0.15, 0.2) is 54.9 Å². The lowest BCUT2D eigenvalue weighted by molar-refractivity contribution is -0.133. The highest BCUT2D eigenvalue weighted by atomic mass is 16.5. The van der Waals surface area contributed by atoms with Crippen LogP contribution < -0.4 is 9.64 Å². The lowest BCUT2D eigenvalue weighted by atomic mass is 10.1. The number of piperidine rings is 1. The second-order valence-corrected chi connectivity index (χ2v) is 8.57. The maximum Gasteiger partial charge on any atom is 0.325 e. The van der Waals surface area contributed by atoms with Gasteiger partial charge in [0.15, 0.2) is 5.82 Å². The number of benzene rings is 1. The number of rotatable bonds is 6. The molecule has 34 heavy (non-hydrogen) atoms. The quantitative estimate of drug-likeness (QED) is 0.559. The molecule has 3 aromatic rings. The molecule has 10 heteroatoms. The van der Waals surface area contributed by atoms with Gasteiger partial charge in [0, 0.05) is 63.2 Å². The van der Waals surface area contributed by atoms with E-state index < -0.39 is 0 Å². The van der Waals surface area contributed by atoms with Crippen LogP contribution in [0, 0.1) is 6.92 Å². The minimum Gasteiger partial charge on any atom is -0.473 e. The van der Waals surface area contributed by atoms with Crippen LogP contribution in [0.2, 0.25) is 0 Å². The van der Waals surface area contributed by atoms with Crippen LogP contribution >= 0.6 is 0 Å². The van der Waals surface area contributed by atoms with E-state index in [2.05, 4.69) is 15.3 Å². The second-order valence-electron chi connectivity index (χ2n) is 8.57. The van der Waals surface area contributed by atoms with Gasteiger partial charge in [-0.15, -0.1) is 10.2 Å².